The van der Waals surface area contributed by atoms with Crippen LogP contribution in [0, 0.1) is 5.41 Å². The van der Waals surface area contributed by atoms with Crippen molar-refractivity contribution in [2.24, 2.45) is 5.41 Å². The van der Waals surface area contributed by atoms with Crippen LogP contribution in [0.25, 0.3) is 0 Å². The van der Waals surface area contributed by atoms with Gasteiger partial charge in [-0.1, -0.05) is 0 Å². The number of carbonyl (C=O) groups excluding carboxylic acids is 1. The molecule has 20 heavy (non-hydrogen) atoms. The number of esters is 1. The van der Waals surface area contributed by atoms with Crippen molar-refractivity contribution in [1.82, 2.24) is 0 Å². The molecule has 0 saturated heterocycles. The molecule has 0 heterocycles. The topological polar surface area (TPSA) is 54.0 Å². The van der Waals surface area contributed by atoms with Crippen LogP contribution >= 0.6 is 0 Å². The summed E-state index contributed by atoms with van der Waals surface area (Å²) in [6, 6.07) is 5.12. The number of methoxy groups -OCH3 is 3. The zero-order valence-corrected chi connectivity index (χ0v) is 12.9. The Bertz CT molecular complexity index is 458. The van der Waals surface area contributed by atoms with E-state index in [-0.39, 0.29) is 5.97 Å². The average molecular weight is 282 g/mol. The molecule has 0 fully saturated rings. The van der Waals surface area contributed by atoms with Gasteiger partial charge in [-0.15, -0.1) is 0 Å². The maximum absolute atomic E-state index is 11.9. The maximum atomic E-state index is 11.9. The summed E-state index contributed by atoms with van der Waals surface area (Å²) in [6.45, 7) is 5.39. The summed E-state index contributed by atoms with van der Waals surface area (Å²) in [6.07, 6.45) is -0.544. The van der Waals surface area contributed by atoms with Crippen LogP contribution in [0.5, 0.6) is 11.5 Å². The first-order valence-electron chi connectivity index (χ1n) is 6.28. The van der Waals surface area contributed by atoms with E-state index in [0.717, 1.165) is 0 Å². The molecule has 0 saturated carbocycles. The number of hydrogen-bond donors (Lipinski definition) is 0. The fraction of sp³-hybridized carbons (Fsp3) is 0.533. The van der Waals surface area contributed by atoms with Crippen molar-refractivity contribution in [3.63, 3.8) is 0 Å². The molecular formula is C15H22O5. The average Bonchev–Trinajstić information content (AvgIpc) is 2.38. The molecule has 0 aliphatic heterocycles. The van der Waals surface area contributed by atoms with Crippen LogP contribution < -0.4 is 9.47 Å². The van der Waals surface area contributed by atoms with E-state index in [4.69, 9.17) is 18.9 Å². The minimum atomic E-state index is -0.578. The fourth-order valence-corrected chi connectivity index (χ4v) is 1.54. The van der Waals surface area contributed by atoms with Gasteiger partial charge in [0, 0.05) is 25.8 Å². The van der Waals surface area contributed by atoms with E-state index < -0.39 is 11.7 Å². The lowest BCUT2D eigenvalue weighted by Gasteiger charge is -2.19. The van der Waals surface area contributed by atoms with Gasteiger partial charge in [-0.3, -0.25) is 4.79 Å². The van der Waals surface area contributed by atoms with Crippen molar-refractivity contribution in [2.75, 3.05) is 21.3 Å². The van der Waals surface area contributed by atoms with Crippen molar-refractivity contribution in [3.8, 4) is 11.5 Å². The highest BCUT2D eigenvalue weighted by Gasteiger charge is 2.24. The quantitative estimate of drug-likeness (QED) is 0.472. The van der Waals surface area contributed by atoms with Gasteiger partial charge in [0.1, 0.15) is 11.5 Å². The Hall–Kier alpha value is -1.59. The Balaban J connectivity index is 3.08. The van der Waals surface area contributed by atoms with Crippen LogP contribution in [0.4, 0.5) is 0 Å². The predicted molar refractivity (Wildman–Crippen MR) is 74.8 cm³/mol. The van der Waals surface area contributed by atoms with Crippen molar-refractivity contribution >= 4 is 5.97 Å². The van der Waals surface area contributed by atoms with Crippen LogP contribution in [0.15, 0.2) is 18.2 Å². The monoisotopic (exact) mass is 282 g/mol. The molecule has 0 aliphatic carbocycles. The summed E-state index contributed by atoms with van der Waals surface area (Å²) in [5, 5.41) is 0. The molecule has 5 nitrogen and oxygen atoms in total. The van der Waals surface area contributed by atoms with Crippen molar-refractivity contribution in [3.05, 3.63) is 23.8 Å². The van der Waals surface area contributed by atoms with Gasteiger partial charge in [0.15, 0.2) is 6.29 Å². The first kappa shape index (κ1) is 16.5. The first-order valence-corrected chi connectivity index (χ1v) is 6.28. The highest BCUT2D eigenvalue weighted by Crippen LogP contribution is 2.29. The molecule has 5 heteroatoms. The summed E-state index contributed by atoms with van der Waals surface area (Å²) in [5.41, 5.74) is 0.136. The molecule has 0 N–H and O–H groups in total. The normalized spacial score (nSPS) is 11.6. The van der Waals surface area contributed by atoms with Crippen LogP contribution in [0.3, 0.4) is 0 Å². The number of benzene rings is 1. The fourth-order valence-electron chi connectivity index (χ4n) is 1.54. The number of ether oxygens (including phenoxy) is 4. The van der Waals surface area contributed by atoms with Gasteiger partial charge in [0.25, 0.3) is 0 Å². The van der Waals surface area contributed by atoms with E-state index in [1.807, 2.05) is 0 Å². The van der Waals surface area contributed by atoms with Gasteiger partial charge in [-0.2, -0.15) is 0 Å². The van der Waals surface area contributed by atoms with E-state index >= 15 is 0 Å². The molecule has 0 amide bonds. The molecule has 1 aromatic carbocycles. The Morgan fingerprint density at radius 1 is 1.00 bits per heavy atom. The van der Waals surface area contributed by atoms with Gasteiger partial charge in [0.2, 0.25) is 0 Å². The molecule has 112 valence electrons. The minimum Gasteiger partial charge on any atom is -0.497 e. The number of rotatable bonds is 5. The third kappa shape index (κ3) is 4.21. The lowest BCUT2D eigenvalue weighted by atomic mass is 9.97. The minimum absolute atomic E-state index is 0.317. The smallest absolute Gasteiger partial charge is 0.316 e. The van der Waals surface area contributed by atoms with E-state index in [1.165, 1.54) is 14.2 Å². The number of hydrogen-bond acceptors (Lipinski definition) is 5. The van der Waals surface area contributed by atoms with Crippen LogP contribution in [0.1, 0.15) is 32.6 Å². The van der Waals surface area contributed by atoms with Gasteiger partial charge in [-0.05, 0) is 32.9 Å². The Kier molecular flexibility index (Phi) is 5.53. The highest BCUT2D eigenvalue weighted by molar-refractivity contribution is 5.78. The molecule has 0 bridgehead atoms. The maximum Gasteiger partial charge on any atom is 0.316 e. The molecule has 0 aromatic heterocycles. The second-order valence-corrected chi connectivity index (χ2v) is 5.38. The summed E-state index contributed by atoms with van der Waals surface area (Å²) >= 11 is 0. The molecular weight excluding hydrogens is 260 g/mol. The third-order valence-electron chi connectivity index (χ3n) is 2.66. The summed E-state index contributed by atoms with van der Waals surface area (Å²) in [7, 11) is 4.62. The van der Waals surface area contributed by atoms with Crippen molar-refractivity contribution < 1.29 is 23.7 Å². The Morgan fingerprint density at radius 3 is 2.00 bits per heavy atom. The van der Waals surface area contributed by atoms with Gasteiger partial charge in [-0.25, -0.2) is 0 Å². The lowest BCUT2D eigenvalue weighted by Crippen LogP contribution is -2.25. The molecule has 0 radical (unpaired) electrons. The zero-order chi connectivity index (χ0) is 15.3. The van der Waals surface area contributed by atoms with Crippen LogP contribution in [-0.2, 0) is 14.3 Å². The molecule has 0 spiro atoms. The third-order valence-corrected chi connectivity index (χ3v) is 2.66. The predicted octanol–water partition coefficient (Wildman–Crippen LogP) is 2.94. The Morgan fingerprint density at radius 2 is 1.55 bits per heavy atom. The van der Waals surface area contributed by atoms with Gasteiger partial charge in [0.05, 0.1) is 12.5 Å². The van der Waals surface area contributed by atoms with Crippen LogP contribution in [-0.4, -0.2) is 27.3 Å². The highest BCUT2D eigenvalue weighted by atomic mass is 16.7. The molecule has 1 rings (SSSR count). The largest absolute Gasteiger partial charge is 0.497 e. The van der Waals surface area contributed by atoms with Gasteiger partial charge < -0.3 is 18.9 Å². The molecule has 0 unspecified atom stereocenters. The zero-order valence-electron chi connectivity index (χ0n) is 12.9. The SMILES string of the molecule is COc1cc(OC(=O)C(C)(C)C)cc(C(OC)OC)c1. The molecule has 1 aromatic rings. The summed E-state index contributed by atoms with van der Waals surface area (Å²) in [5.74, 6) is 0.653. The summed E-state index contributed by atoms with van der Waals surface area (Å²) < 4.78 is 21.0. The summed E-state index contributed by atoms with van der Waals surface area (Å²) in [4.78, 5) is 11.9. The first-order chi connectivity index (χ1) is 9.31. The Labute approximate surface area is 119 Å². The van der Waals surface area contributed by atoms with Crippen LogP contribution in [0.2, 0.25) is 0 Å². The second kappa shape index (κ2) is 6.72. The second-order valence-electron chi connectivity index (χ2n) is 5.38. The van der Waals surface area contributed by atoms with E-state index in [1.54, 1.807) is 46.1 Å². The molecule has 0 aliphatic rings. The number of carbonyl (C=O) groups is 1. The van der Waals surface area contributed by atoms with E-state index in [0.29, 0.717) is 17.1 Å². The van der Waals surface area contributed by atoms with E-state index in [2.05, 4.69) is 0 Å². The lowest BCUT2D eigenvalue weighted by molar-refractivity contribution is -0.143. The van der Waals surface area contributed by atoms with Crippen molar-refractivity contribution in [1.29, 1.82) is 0 Å². The van der Waals surface area contributed by atoms with Crippen molar-refractivity contribution in [2.45, 2.75) is 27.1 Å². The van der Waals surface area contributed by atoms with E-state index in [9.17, 15) is 4.79 Å². The standard InChI is InChI=1S/C15H22O5/c1-15(2,3)14(16)20-12-8-10(13(18-5)19-6)7-11(9-12)17-4/h7-9,13H,1-6H3. The van der Waals surface area contributed by atoms with Gasteiger partial charge >= 0.3 is 5.97 Å². The molecule has 0 atom stereocenters.